The van der Waals surface area contributed by atoms with Crippen LogP contribution in [0.15, 0.2) is 18.2 Å². The number of nitrogens with zero attached hydrogens (tertiary/aromatic N) is 1. The Balaban J connectivity index is 2.65. The van der Waals surface area contributed by atoms with Crippen LogP contribution in [0.3, 0.4) is 0 Å². The van der Waals surface area contributed by atoms with Crippen molar-refractivity contribution in [1.29, 1.82) is 0 Å². The van der Waals surface area contributed by atoms with Crippen LogP contribution in [-0.4, -0.2) is 44.5 Å². The highest BCUT2D eigenvalue weighted by molar-refractivity contribution is 5.96. The van der Waals surface area contributed by atoms with E-state index in [1.807, 2.05) is 0 Å². The number of ether oxygens (including phenoxy) is 1. The van der Waals surface area contributed by atoms with Gasteiger partial charge in [-0.3, -0.25) is 4.79 Å². The predicted octanol–water partition coefficient (Wildman–Crippen LogP) is 0.946. The molecule has 6 heteroatoms. The summed E-state index contributed by atoms with van der Waals surface area (Å²) in [6.45, 7) is 0.488. The third-order valence-electron chi connectivity index (χ3n) is 2.63. The fourth-order valence-corrected chi connectivity index (χ4v) is 1.49. The first kappa shape index (κ1) is 14.8. The van der Waals surface area contributed by atoms with Gasteiger partial charge in [0.25, 0.3) is 0 Å². The van der Waals surface area contributed by atoms with Gasteiger partial charge in [-0.25, -0.2) is 4.79 Å². The van der Waals surface area contributed by atoms with E-state index in [9.17, 15) is 9.59 Å². The molecule has 0 aliphatic rings. The van der Waals surface area contributed by atoms with Crippen molar-refractivity contribution in [1.82, 2.24) is 4.90 Å². The average Bonchev–Trinajstić information content (AvgIpc) is 2.39. The number of esters is 1. The summed E-state index contributed by atoms with van der Waals surface area (Å²) >= 11 is 0. The molecule has 19 heavy (non-hydrogen) atoms. The summed E-state index contributed by atoms with van der Waals surface area (Å²) < 4.78 is 4.64. The lowest BCUT2D eigenvalue weighted by Gasteiger charge is -2.12. The molecule has 0 heterocycles. The number of nitrogen functional groups attached to an aromatic ring is 1. The smallest absolute Gasteiger partial charge is 0.340 e. The molecule has 0 spiro atoms. The molecule has 104 valence electrons. The quantitative estimate of drug-likeness (QED) is 0.611. The number of nitrogens with one attached hydrogen (secondary N) is 1. The molecule has 6 nitrogen and oxygen atoms in total. The van der Waals surface area contributed by atoms with Gasteiger partial charge in [-0.05, 0) is 18.2 Å². The molecule has 1 rings (SSSR count). The molecule has 1 aromatic rings. The van der Waals surface area contributed by atoms with Gasteiger partial charge in [0.05, 0.1) is 12.7 Å². The Kier molecular flexibility index (Phi) is 5.17. The highest BCUT2D eigenvalue weighted by atomic mass is 16.5. The summed E-state index contributed by atoms with van der Waals surface area (Å²) in [6, 6.07) is 4.99. The Morgan fingerprint density at radius 2 is 2.05 bits per heavy atom. The van der Waals surface area contributed by atoms with Gasteiger partial charge >= 0.3 is 5.97 Å². The largest absolute Gasteiger partial charge is 0.465 e. The SMILES string of the molecule is COC(=O)c1cc(NCCC(=O)N(C)C)ccc1N. The normalized spacial score (nSPS) is 9.84. The number of nitrogens with two attached hydrogens (primary N) is 1. The van der Waals surface area contributed by atoms with Crippen LogP contribution in [0.4, 0.5) is 11.4 Å². The van der Waals surface area contributed by atoms with E-state index < -0.39 is 5.97 Å². The van der Waals surface area contributed by atoms with Crippen molar-refractivity contribution in [2.24, 2.45) is 0 Å². The van der Waals surface area contributed by atoms with Crippen molar-refractivity contribution >= 4 is 23.3 Å². The minimum absolute atomic E-state index is 0.0381. The maximum absolute atomic E-state index is 11.5. The van der Waals surface area contributed by atoms with E-state index in [0.29, 0.717) is 24.2 Å². The minimum Gasteiger partial charge on any atom is -0.465 e. The van der Waals surface area contributed by atoms with Gasteiger partial charge in [0.2, 0.25) is 5.91 Å². The third-order valence-corrected chi connectivity index (χ3v) is 2.63. The van der Waals surface area contributed by atoms with Crippen LogP contribution in [0, 0.1) is 0 Å². The zero-order chi connectivity index (χ0) is 14.4. The lowest BCUT2D eigenvalue weighted by Crippen LogP contribution is -2.23. The number of rotatable bonds is 5. The molecule has 0 saturated heterocycles. The molecule has 0 saturated carbocycles. The number of hydrogen-bond acceptors (Lipinski definition) is 5. The van der Waals surface area contributed by atoms with Crippen molar-refractivity contribution in [2.75, 3.05) is 38.8 Å². The molecule has 0 fully saturated rings. The fraction of sp³-hybridized carbons (Fsp3) is 0.385. The fourth-order valence-electron chi connectivity index (χ4n) is 1.49. The molecule has 0 atom stereocenters. The molecular formula is C13H19N3O3. The Hall–Kier alpha value is -2.24. The molecule has 0 radical (unpaired) electrons. The zero-order valence-electron chi connectivity index (χ0n) is 11.4. The maximum atomic E-state index is 11.5. The first-order valence-corrected chi connectivity index (χ1v) is 5.87. The van der Waals surface area contributed by atoms with Gasteiger partial charge in [0.15, 0.2) is 0 Å². The van der Waals surface area contributed by atoms with Gasteiger partial charge in [-0.2, -0.15) is 0 Å². The van der Waals surface area contributed by atoms with E-state index in [2.05, 4.69) is 10.1 Å². The van der Waals surface area contributed by atoms with E-state index in [1.54, 1.807) is 32.3 Å². The number of anilines is 2. The van der Waals surface area contributed by atoms with Crippen molar-refractivity contribution in [3.8, 4) is 0 Å². The van der Waals surface area contributed by atoms with Crippen LogP contribution >= 0.6 is 0 Å². The Morgan fingerprint density at radius 1 is 1.37 bits per heavy atom. The molecule has 0 bridgehead atoms. The average molecular weight is 265 g/mol. The number of carbonyl (C=O) groups is 2. The van der Waals surface area contributed by atoms with E-state index >= 15 is 0 Å². The lowest BCUT2D eigenvalue weighted by atomic mass is 10.1. The summed E-state index contributed by atoms with van der Waals surface area (Å²) in [7, 11) is 4.72. The Morgan fingerprint density at radius 3 is 2.63 bits per heavy atom. The number of benzene rings is 1. The van der Waals surface area contributed by atoms with Crippen molar-refractivity contribution in [3.05, 3.63) is 23.8 Å². The summed E-state index contributed by atoms with van der Waals surface area (Å²) in [5.74, 6) is -0.443. The summed E-state index contributed by atoms with van der Waals surface area (Å²) in [6.07, 6.45) is 0.380. The second-order valence-electron chi connectivity index (χ2n) is 4.26. The first-order valence-electron chi connectivity index (χ1n) is 5.87. The van der Waals surface area contributed by atoms with E-state index in [4.69, 9.17) is 5.73 Å². The number of hydrogen-bond donors (Lipinski definition) is 2. The number of amides is 1. The predicted molar refractivity (Wildman–Crippen MR) is 74.0 cm³/mol. The van der Waals surface area contributed by atoms with Crippen molar-refractivity contribution < 1.29 is 14.3 Å². The van der Waals surface area contributed by atoms with Crippen molar-refractivity contribution in [3.63, 3.8) is 0 Å². The summed E-state index contributed by atoms with van der Waals surface area (Å²) in [5.41, 5.74) is 7.09. The number of methoxy groups -OCH3 is 1. The van der Waals surface area contributed by atoms with Gasteiger partial charge in [-0.1, -0.05) is 0 Å². The van der Waals surface area contributed by atoms with Crippen LogP contribution in [0.2, 0.25) is 0 Å². The number of carbonyl (C=O) groups excluding carboxylic acids is 2. The standard InChI is InChI=1S/C13H19N3O3/c1-16(2)12(17)6-7-15-9-4-5-11(14)10(8-9)13(18)19-3/h4-5,8,15H,6-7,14H2,1-3H3. The van der Waals surface area contributed by atoms with Crippen LogP contribution in [0.25, 0.3) is 0 Å². The maximum Gasteiger partial charge on any atom is 0.340 e. The highest BCUT2D eigenvalue weighted by Crippen LogP contribution is 2.18. The van der Waals surface area contributed by atoms with Crippen LogP contribution in [-0.2, 0) is 9.53 Å². The van der Waals surface area contributed by atoms with E-state index in [-0.39, 0.29) is 5.91 Å². The molecule has 0 aliphatic carbocycles. The Labute approximate surface area is 112 Å². The second-order valence-corrected chi connectivity index (χ2v) is 4.26. The summed E-state index contributed by atoms with van der Waals surface area (Å²) in [4.78, 5) is 24.4. The lowest BCUT2D eigenvalue weighted by molar-refractivity contribution is -0.128. The molecule has 0 unspecified atom stereocenters. The van der Waals surface area contributed by atoms with Crippen molar-refractivity contribution in [2.45, 2.75) is 6.42 Å². The Bertz CT molecular complexity index is 472. The third kappa shape index (κ3) is 4.17. The van der Waals surface area contributed by atoms with Crippen LogP contribution in [0.5, 0.6) is 0 Å². The van der Waals surface area contributed by atoms with Crippen LogP contribution < -0.4 is 11.1 Å². The van der Waals surface area contributed by atoms with E-state index in [1.165, 1.54) is 12.0 Å². The van der Waals surface area contributed by atoms with Crippen LogP contribution in [0.1, 0.15) is 16.8 Å². The molecule has 0 aromatic heterocycles. The molecule has 0 aliphatic heterocycles. The highest BCUT2D eigenvalue weighted by Gasteiger charge is 2.10. The first-order chi connectivity index (χ1) is 8.95. The minimum atomic E-state index is -0.481. The topological polar surface area (TPSA) is 84.7 Å². The van der Waals surface area contributed by atoms with Gasteiger partial charge < -0.3 is 20.7 Å². The molecule has 1 amide bonds. The van der Waals surface area contributed by atoms with E-state index in [0.717, 1.165) is 5.69 Å². The van der Waals surface area contributed by atoms with Gasteiger partial charge in [0, 0.05) is 38.4 Å². The monoisotopic (exact) mass is 265 g/mol. The molecular weight excluding hydrogens is 246 g/mol. The molecule has 3 N–H and O–H groups in total. The molecule has 1 aromatic carbocycles. The summed E-state index contributed by atoms with van der Waals surface area (Å²) in [5, 5.41) is 3.07. The zero-order valence-corrected chi connectivity index (χ0v) is 11.4. The van der Waals surface area contributed by atoms with Gasteiger partial charge in [-0.15, -0.1) is 0 Å². The van der Waals surface area contributed by atoms with Gasteiger partial charge in [0.1, 0.15) is 0 Å². The second kappa shape index (κ2) is 6.63.